The van der Waals surface area contributed by atoms with Gasteiger partial charge in [-0.05, 0) is 36.8 Å². The molecule has 3 heterocycles. The van der Waals surface area contributed by atoms with Crippen LogP contribution in [0.5, 0.6) is 0 Å². The van der Waals surface area contributed by atoms with Crippen LogP contribution in [0.4, 0.5) is 8.78 Å². The lowest BCUT2D eigenvalue weighted by atomic mass is 10.0. The summed E-state index contributed by atoms with van der Waals surface area (Å²) in [5, 5.41) is 0. The van der Waals surface area contributed by atoms with E-state index in [0.29, 0.717) is 25.2 Å². The molecule has 1 aromatic carbocycles. The SMILES string of the molecule is O=S(=O)(c1cc(F)cc(F)c1)N1C[C@H]2CN(C3CCOCC3)C[C@H]2C1. The van der Waals surface area contributed by atoms with Gasteiger partial charge in [0.15, 0.2) is 0 Å². The monoisotopic (exact) mass is 372 g/mol. The van der Waals surface area contributed by atoms with Crippen molar-refractivity contribution in [3.63, 3.8) is 0 Å². The van der Waals surface area contributed by atoms with Crippen LogP contribution < -0.4 is 0 Å². The van der Waals surface area contributed by atoms with E-state index in [1.807, 2.05) is 0 Å². The van der Waals surface area contributed by atoms with E-state index in [1.54, 1.807) is 0 Å². The quantitative estimate of drug-likeness (QED) is 0.810. The van der Waals surface area contributed by atoms with Crippen LogP contribution in [0.15, 0.2) is 23.1 Å². The van der Waals surface area contributed by atoms with Gasteiger partial charge >= 0.3 is 0 Å². The number of hydrogen-bond donors (Lipinski definition) is 0. The fourth-order valence-corrected chi connectivity index (χ4v) is 5.95. The first-order chi connectivity index (χ1) is 11.9. The average Bonchev–Trinajstić information content (AvgIpc) is 3.14. The number of ether oxygens (including phenoxy) is 1. The Morgan fingerprint density at radius 1 is 0.920 bits per heavy atom. The second-order valence-corrected chi connectivity index (χ2v) is 9.18. The van der Waals surface area contributed by atoms with Crippen LogP contribution in [0.1, 0.15) is 12.8 Å². The minimum atomic E-state index is -3.85. The molecule has 3 aliphatic rings. The smallest absolute Gasteiger partial charge is 0.243 e. The third-order valence-corrected chi connectivity index (χ3v) is 7.47. The molecule has 3 aliphatic heterocycles. The van der Waals surface area contributed by atoms with Crippen LogP contribution >= 0.6 is 0 Å². The highest BCUT2D eigenvalue weighted by Crippen LogP contribution is 2.36. The van der Waals surface area contributed by atoms with Crippen molar-refractivity contribution in [2.24, 2.45) is 11.8 Å². The lowest BCUT2D eigenvalue weighted by molar-refractivity contribution is 0.0393. The predicted octanol–water partition coefficient (Wildman–Crippen LogP) is 1.70. The summed E-state index contributed by atoms with van der Waals surface area (Å²) in [6.45, 7) is 4.21. The van der Waals surface area contributed by atoms with E-state index >= 15 is 0 Å². The molecule has 0 aromatic heterocycles. The Morgan fingerprint density at radius 3 is 2.04 bits per heavy atom. The first-order valence-electron chi connectivity index (χ1n) is 8.71. The summed E-state index contributed by atoms with van der Waals surface area (Å²) in [7, 11) is -3.85. The summed E-state index contributed by atoms with van der Waals surface area (Å²) in [6.07, 6.45) is 2.06. The van der Waals surface area contributed by atoms with E-state index in [2.05, 4.69) is 4.90 Å². The topological polar surface area (TPSA) is 49.9 Å². The van der Waals surface area contributed by atoms with Crippen LogP contribution in [-0.2, 0) is 14.8 Å². The maximum Gasteiger partial charge on any atom is 0.243 e. The number of nitrogens with zero attached hydrogens (tertiary/aromatic N) is 2. The van der Waals surface area contributed by atoms with Crippen molar-refractivity contribution in [3.05, 3.63) is 29.8 Å². The minimum absolute atomic E-state index is 0.288. The lowest BCUT2D eigenvalue weighted by Crippen LogP contribution is -2.40. The first-order valence-corrected chi connectivity index (χ1v) is 10.2. The van der Waals surface area contributed by atoms with E-state index < -0.39 is 21.7 Å². The van der Waals surface area contributed by atoms with Crippen LogP contribution in [0.3, 0.4) is 0 Å². The van der Waals surface area contributed by atoms with Gasteiger partial charge in [0.2, 0.25) is 10.0 Å². The van der Waals surface area contributed by atoms with Crippen molar-refractivity contribution in [1.82, 2.24) is 9.21 Å². The maximum absolute atomic E-state index is 13.4. The average molecular weight is 372 g/mol. The minimum Gasteiger partial charge on any atom is -0.381 e. The molecule has 4 rings (SSSR count). The van der Waals surface area contributed by atoms with Crippen LogP contribution in [-0.4, -0.2) is 63.1 Å². The van der Waals surface area contributed by atoms with E-state index in [0.717, 1.165) is 51.3 Å². The van der Waals surface area contributed by atoms with Gasteiger partial charge in [-0.25, -0.2) is 17.2 Å². The predicted molar refractivity (Wildman–Crippen MR) is 87.5 cm³/mol. The molecule has 0 radical (unpaired) electrons. The Morgan fingerprint density at radius 2 is 1.48 bits per heavy atom. The molecular formula is C17H22F2N2O3S. The molecule has 0 unspecified atom stereocenters. The second kappa shape index (κ2) is 6.57. The summed E-state index contributed by atoms with van der Waals surface area (Å²) in [5.41, 5.74) is 0. The molecular weight excluding hydrogens is 350 g/mol. The Kier molecular flexibility index (Phi) is 4.56. The summed E-state index contributed by atoms with van der Waals surface area (Å²) >= 11 is 0. The molecule has 0 amide bonds. The summed E-state index contributed by atoms with van der Waals surface area (Å²) < 4.78 is 59.0. The number of hydrogen-bond acceptors (Lipinski definition) is 4. The number of fused-ring (bicyclic) bond motifs is 1. The highest BCUT2D eigenvalue weighted by molar-refractivity contribution is 7.89. The Balaban J connectivity index is 1.45. The third-order valence-electron chi connectivity index (χ3n) is 5.66. The molecule has 3 fully saturated rings. The van der Waals surface area contributed by atoms with Gasteiger partial charge in [-0.1, -0.05) is 0 Å². The van der Waals surface area contributed by atoms with E-state index in [4.69, 9.17) is 4.74 Å². The maximum atomic E-state index is 13.4. The van der Waals surface area contributed by atoms with Gasteiger partial charge in [0.1, 0.15) is 11.6 Å². The molecule has 0 N–H and O–H groups in total. The van der Waals surface area contributed by atoms with Crippen molar-refractivity contribution in [1.29, 1.82) is 0 Å². The Bertz CT molecular complexity index is 718. The summed E-state index contributed by atoms with van der Waals surface area (Å²) in [5.74, 6) is -1.17. The van der Waals surface area contributed by atoms with Crippen molar-refractivity contribution in [2.75, 3.05) is 39.4 Å². The van der Waals surface area contributed by atoms with Crippen LogP contribution in [0.25, 0.3) is 0 Å². The first kappa shape index (κ1) is 17.3. The van der Waals surface area contributed by atoms with Crippen LogP contribution in [0, 0.1) is 23.5 Å². The van der Waals surface area contributed by atoms with Gasteiger partial charge in [0, 0.05) is 51.5 Å². The van der Waals surface area contributed by atoms with Crippen molar-refractivity contribution in [3.8, 4) is 0 Å². The molecule has 2 atom stereocenters. The molecule has 0 bridgehead atoms. The fourth-order valence-electron chi connectivity index (χ4n) is 4.36. The van der Waals surface area contributed by atoms with Crippen molar-refractivity contribution in [2.45, 2.75) is 23.8 Å². The number of benzene rings is 1. The molecule has 0 aliphatic carbocycles. The highest BCUT2D eigenvalue weighted by Gasteiger charge is 2.45. The lowest BCUT2D eigenvalue weighted by Gasteiger charge is -2.32. The molecule has 138 valence electrons. The zero-order valence-electron chi connectivity index (χ0n) is 13.9. The van der Waals surface area contributed by atoms with Crippen LogP contribution in [0.2, 0.25) is 0 Å². The molecule has 1 aromatic rings. The Labute approximate surface area is 146 Å². The molecule has 5 nitrogen and oxygen atoms in total. The number of halogens is 2. The van der Waals surface area contributed by atoms with Gasteiger partial charge in [-0.3, -0.25) is 4.90 Å². The third kappa shape index (κ3) is 3.32. The number of rotatable bonds is 3. The number of sulfonamides is 1. The van der Waals surface area contributed by atoms with Gasteiger partial charge in [-0.2, -0.15) is 4.31 Å². The second-order valence-electron chi connectivity index (χ2n) is 7.24. The van der Waals surface area contributed by atoms with Gasteiger partial charge in [0.25, 0.3) is 0 Å². The molecule has 3 saturated heterocycles. The summed E-state index contributed by atoms with van der Waals surface area (Å²) in [6, 6.07) is 2.99. The van der Waals surface area contributed by atoms with Gasteiger partial charge in [0.05, 0.1) is 4.90 Å². The molecule has 0 saturated carbocycles. The van der Waals surface area contributed by atoms with E-state index in [1.165, 1.54) is 4.31 Å². The van der Waals surface area contributed by atoms with Crippen molar-refractivity contribution >= 4 is 10.0 Å². The molecule has 8 heteroatoms. The largest absolute Gasteiger partial charge is 0.381 e. The molecule has 0 spiro atoms. The van der Waals surface area contributed by atoms with Gasteiger partial charge in [-0.15, -0.1) is 0 Å². The van der Waals surface area contributed by atoms with E-state index in [9.17, 15) is 17.2 Å². The molecule has 25 heavy (non-hydrogen) atoms. The normalized spacial score (nSPS) is 29.2. The standard InChI is InChI=1S/C17H22F2N2O3S/c18-14-5-15(19)7-17(6-14)25(22,23)21-10-12-8-20(9-13(12)11-21)16-1-3-24-4-2-16/h5-7,12-13,16H,1-4,8-11H2/t12-,13+. The zero-order valence-corrected chi connectivity index (χ0v) is 14.7. The van der Waals surface area contributed by atoms with Gasteiger partial charge < -0.3 is 4.74 Å². The van der Waals surface area contributed by atoms with E-state index in [-0.39, 0.29) is 16.7 Å². The number of likely N-dealkylation sites (tertiary alicyclic amines) is 1. The fraction of sp³-hybridized carbons (Fsp3) is 0.647. The highest BCUT2D eigenvalue weighted by atomic mass is 32.2. The summed E-state index contributed by atoms with van der Waals surface area (Å²) in [4.78, 5) is 2.16. The Hall–Kier alpha value is -1.09. The van der Waals surface area contributed by atoms with Crippen molar-refractivity contribution < 1.29 is 21.9 Å². The zero-order chi connectivity index (χ0) is 17.6.